The minimum absolute atomic E-state index is 0.0216. The number of carboxylic acid groups (broad SMARTS) is 1. The molecule has 103 heavy (non-hydrogen) atoms. The van der Waals surface area contributed by atoms with Crippen molar-refractivity contribution in [1.29, 1.82) is 0 Å². The van der Waals surface area contributed by atoms with Crippen molar-refractivity contribution in [3.63, 3.8) is 0 Å². The van der Waals surface area contributed by atoms with E-state index in [0.717, 1.165) is 86.5 Å². The molecule has 1 amide bonds. The van der Waals surface area contributed by atoms with Gasteiger partial charge in [0.15, 0.2) is 23.3 Å². The number of esters is 1. The Morgan fingerprint density at radius 1 is 0.417 bits per heavy atom. The first-order chi connectivity index (χ1) is 49.8. The van der Waals surface area contributed by atoms with Crippen LogP contribution in [0, 0.1) is 23.3 Å². The normalized spacial score (nSPS) is 14.3. The van der Waals surface area contributed by atoms with Gasteiger partial charge in [-0.25, -0.2) is 67.0 Å². The Kier molecular flexibility index (Phi) is 21.7. The summed E-state index contributed by atoms with van der Waals surface area (Å²) in [6, 6.07) is 22.2. The fourth-order valence-corrected chi connectivity index (χ4v) is 11.8. The summed E-state index contributed by atoms with van der Waals surface area (Å²) in [7, 11) is 1.31. The predicted molar refractivity (Wildman–Crippen MR) is 384 cm³/mol. The number of methoxy groups -OCH3 is 1. The molecule has 20 nitrogen and oxygen atoms in total. The van der Waals surface area contributed by atoms with E-state index in [0.29, 0.717) is 89.0 Å². The highest BCUT2D eigenvalue weighted by atomic mass is 35.5. The molecule has 5 aliphatic rings. The second kappa shape index (κ2) is 31.5. The summed E-state index contributed by atoms with van der Waals surface area (Å²) in [6.45, 7) is 0. The number of carbonyl (C=O) groups is 3. The quantitative estimate of drug-likeness (QED) is 0.0303. The number of carboxylic acids is 1. The number of hydrogen-bond acceptors (Lipinski definition) is 18. The molecule has 0 unspecified atom stereocenters. The van der Waals surface area contributed by atoms with Crippen LogP contribution in [0.2, 0.25) is 25.2 Å². The molecule has 0 radical (unpaired) electrons. The minimum Gasteiger partial charge on any atom is -0.478 e. The van der Waals surface area contributed by atoms with Gasteiger partial charge >= 0.3 is 11.9 Å². The summed E-state index contributed by atoms with van der Waals surface area (Å²) in [6.07, 6.45) is 26.1. The summed E-state index contributed by atoms with van der Waals surface area (Å²) in [5, 5.41) is 23.9. The van der Waals surface area contributed by atoms with E-state index in [4.69, 9.17) is 62.7 Å². The van der Waals surface area contributed by atoms with Gasteiger partial charge in [-0.2, -0.15) is 0 Å². The monoisotopic (exact) mass is 1490 g/mol. The molecule has 5 fully saturated rings. The third-order valence-corrected chi connectivity index (χ3v) is 18.2. The number of anilines is 6. The number of rotatable bonds is 18. The van der Waals surface area contributed by atoms with Gasteiger partial charge < -0.3 is 31.1 Å². The summed E-state index contributed by atoms with van der Waals surface area (Å²) in [5.41, 5.74) is 6.77. The number of nitrogens with one attached hydrogen (secondary N) is 4. The highest BCUT2D eigenvalue weighted by Crippen LogP contribution is 2.47. The molecule has 0 bridgehead atoms. The van der Waals surface area contributed by atoms with Gasteiger partial charge in [-0.3, -0.25) is 19.7 Å². The van der Waals surface area contributed by atoms with Crippen LogP contribution in [-0.4, -0.2) is 90.9 Å². The fraction of sp³-hybridized carbons (Fsp3) is 0.216. The number of amides is 1. The van der Waals surface area contributed by atoms with Crippen LogP contribution >= 0.6 is 58.0 Å². The van der Waals surface area contributed by atoms with Crippen LogP contribution < -0.4 is 21.3 Å². The van der Waals surface area contributed by atoms with Crippen LogP contribution in [-0.2, 0) is 4.74 Å². The van der Waals surface area contributed by atoms with Crippen LogP contribution in [0.4, 0.5) is 52.1 Å². The number of benzene rings is 4. The lowest BCUT2D eigenvalue weighted by Gasteiger charge is -2.15. The molecule has 5 aliphatic carbocycles. The molecule has 522 valence electrons. The van der Waals surface area contributed by atoms with Gasteiger partial charge in [0.05, 0.1) is 52.0 Å². The van der Waals surface area contributed by atoms with Crippen molar-refractivity contribution in [3.8, 4) is 45.6 Å². The average Bonchev–Trinajstić information content (AvgIpc) is 1.76. The summed E-state index contributed by atoms with van der Waals surface area (Å²) in [5.74, 6) is 0.298. The molecular weight excluding hydrogens is 1430 g/mol. The Balaban J connectivity index is 0.000000124. The second-order valence-electron chi connectivity index (χ2n) is 24.7. The van der Waals surface area contributed by atoms with E-state index in [9.17, 15) is 37.1 Å². The molecule has 5 N–H and O–H groups in total. The highest BCUT2D eigenvalue weighted by molar-refractivity contribution is 6.32. The Morgan fingerprint density at radius 2 is 0.738 bits per heavy atom. The van der Waals surface area contributed by atoms with Gasteiger partial charge in [-0.15, -0.1) is 0 Å². The zero-order chi connectivity index (χ0) is 72.0. The van der Waals surface area contributed by atoms with Gasteiger partial charge in [0.1, 0.15) is 57.0 Å². The maximum absolute atomic E-state index is 14.4. The summed E-state index contributed by atoms with van der Waals surface area (Å²) < 4.78 is 61.3. The predicted octanol–water partition coefficient (Wildman–Crippen LogP) is 18.7. The Hall–Kier alpha value is -10.4. The van der Waals surface area contributed by atoms with Crippen LogP contribution in [0.5, 0.6) is 0 Å². The molecule has 29 heteroatoms. The van der Waals surface area contributed by atoms with E-state index in [1.807, 2.05) is 0 Å². The van der Waals surface area contributed by atoms with Crippen molar-refractivity contribution >= 4 is 110 Å². The van der Waals surface area contributed by atoms with E-state index < -0.39 is 35.2 Å². The van der Waals surface area contributed by atoms with Gasteiger partial charge in [0, 0.05) is 110 Å². The topological polar surface area (TPSA) is 271 Å². The molecule has 11 aromatic rings. The lowest BCUT2D eigenvalue weighted by molar-refractivity contribution is 0.0600. The smallest absolute Gasteiger partial charge is 0.341 e. The first kappa shape index (κ1) is 71.0. The molecule has 7 heterocycles. The molecule has 7 aromatic heterocycles. The second-order valence-corrected chi connectivity index (χ2v) is 26.8. The molecule has 0 aliphatic heterocycles. The van der Waals surface area contributed by atoms with Crippen molar-refractivity contribution in [2.45, 2.75) is 93.9 Å². The van der Waals surface area contributed by atoms with E-state index in [-0.39, 0.29) is 68.6 Å². The molecule has 0 saturated heterocycles. The largest absolute Gasteiger partial charge is 0.478 e. The van der Waals surface area contributed by atoms with Crippen molar-refractivity contribution in [2.75, 3.05) is 23.1 Å². The van der Waals surface area contributed by atoms with Crippen molar-refractivity contribution in [2.24, 2.45) is 0 Å². The number of hydrogen-bond donors (Lipinski definition) is 5. The van der Waals surface area contributed by atoms with Gasteiger partial charge in [-0.1, -0.05) is 58.0 Å². The maximum Gasteiger partial charge on any atom is 0.341 e. The van der Waals surface area contributed by atoms with Gasteiger partial charge in [-0.05, 0) is 179 Å². The third-order valence-electron chi connectivity index (χ3n) is 17.0. The lowest BCUT2D eigenvalue weighted by atomic mass is 10.1. The van der Waals surface area contributed by atoms with Gasteiger partial charge in [0.2, 0.25) is 0 Å². The minimum atomic E-state index is -1.10. The van der Waals surface area contributed by atoms with Crippen LogP contribution in [0.25, 0.3) is 45.6 Å². The number of carbonyl (C=O) groups excluding carboxylic acids is 2. The zero-order valence-corrected chi connectivity index (χ0v) is 58.1. The lowest BCUT2D eigenvalue weighted by Crippen LogP contribution is -2.26. The van der Waals surface area contributed by atoms with Crippen LogP contribution in [0.15, 0.2) is 153 Å². The number of aromatic carboxylic acids is 1. The number of aromatic nitrogens is 11. The molecule has 4 aromatic carbocycles. The SMILES string of the molecule is COC(=O)c1cnccc1Nc1nc(-c2cc(Cl)ccc2F)ncc1C1CC1.Fc1ccc(Cl)cc1-c1ncc(C2CC2)c(Cl)n1.O=C(NC1CC1)c1cnccc1Nc1nc(-c2cc(Cl)ccc2F)ncc1C1CC1.O=C(O)c1cnccc1Nc1nc(-c2cc(Cl)ccc2F)ncc1C1CC1. The maximum atomic E-state index is 14.4. The van der Waals surface area contributed by atoms with Gasteiger partial charge in [0.25, 0.3) is 5.91 Å². The van der Waals surface area contributed by atoms with Crippen molar-refractivity contribution < 1.29 is 41.8 Å². The standard InChI is InChI=1S/C22H19ClFN5O.C20H16ClFN4O2.C19H14ClFN4O2.C13H9Cl2FN2/c23-13-3-6-18(24)15(9-13)20-26-11-16(12-1-2-12)21(29-20)28-19-7-8-25-10-17(19)22(30)27-14-4-5-14;1-28-20(27)15-9-23-7-6-17(15)25-19-14(11-2-3-11)10-24-18(26-19)13-8-12(21)4-5-16(13)22;20-11-3-4-15(21)12(7-11)17-23-9-13(10-1-2-10)18(25-17)24-16-5-6-22-8-14(16)19(26)27;14-8-3-4-11(16)9(5-8)13-17-6-10(7-1-2-7)12(15)18-13/h3,6-12,14H,1-2,4-5H2,(H,27,30)(H,25,26,28,29);4-11H,2-3H2,1H3,(H,23,24,25,26);3-10H,1-2H2,(H,26,27)(H,22,23,24,25);3-7H,1-2H2. The number of ether oxygens (including phenoxy) is 1. The Morgan fingerprint density at radius 3 is 1.08 bits per heavy atom. The summed E-state index contributed by atoms with van der Waals surface area (Å²) in [4.78, 5) is 83.0. The zero-order valence-electron chi connectivity index (χ0n) is 54.3. The van der Waals surface area contributed by atoms with Crippen molar-refractivity contribution in [1.82, 2.24) is 60.1 Å². The number of nitrogens with zero attached hydrogens (tertiary/aromatic N) is 11. The first-order valence-electron chi connectivity index (χ1n) is 32.5. The van der Waals surface area contributed by atoms with E-state index in [1.54, 1.807) is 55.4 Å². The molecule has 0 atom stereocenters. The highest BCUT2D eigenvalue weighted by Gasteiger charge is 2.33. The van der Waals surface area contributed by atoms with Crippen LogP contribution in [0.1, 0.15) is 141 Å². The van der Waals surface area contributed by atoms with Crippen LogP contribution in [0.3, 0.4) is 0 Å². The van der Waals surface area contributed by atoms with Crippen molar-refractivity contribution in [3.05, 3.63) is 240 Å². The van der Waals surface area contributed by atoms with E-state index in [2.05, 4.69) is 76.1 Å². The number of halogens is 9. The number of pyridine rings is 3. The molecular formula is C74H58Cl5F4N15O5. The third kappa shape index (κ3) is 17.8. The average molecular weight is 1490 g/mol. The Bertz CT molecular complexity index is 5070. The molecule has 0 spiro atoms. The van der Waals surface area contributed by atoms with E-state index >= 15 is 0 Å². The first-order valence-corrected chi connectivity index (χ1v) is 34.4. The summed E-state index contributed by atoms with van der Waals surface area (Å²) >= 11 is 30.0. The van der Waals surface area contributed by atoms with E-state index in [1.165, 1.54) is 105 Å². The molecule has 16 rings (SSSR count). The Labute approximate surface area is 611 Å². The molecule has 5 saturated carbocycles. The fourth-order valence-electron chi connectivity index (χ4n) is 10.8.